The van der Waals surface area contributed by atoms with Crippen LogP contribution in [0.4, 0.5) is 4.79 Å². The maximum Gasteiger partial charge on any atom is 0.410 e. The first-order valence-corrected chi connectivity index (χ1v) is 7.11. The fraction of sp³-hybridized carbons (Fsp3) is 0.933. The van der Waals surface area contributed by atoms with E-state index in [-0.39, 0.29) is 12.1 Å². The van der Waals surface area contributed by atoms with E-state index in [4.69, 9.17) is 7.48 Å². The van der Waals surface area contributed by atoms with Gasteiger partial charge >= 0.3 is 6.09 Å². The van der Waals surface area contributed by atoms with E-state index in [2.05, 4.69) is 0 Å². The van der Waals surface area contributed by atoms with E-state index >= 15 is 0 Å². The van der Waals surface area contributed by atoms with Crippen molar-refractivity contribution < 1.29 is 12.3 Å². The minimum absolute atomic E-state index is 0.0479. The Hall–Kier alpha value is -0.730. The van der Waals surface area contributed by atoms with Crippen LogP contribution in [-0.2, 0) is 4.74 Å². The van der Waals surface area contributed by atoms with Crippen LogP contribution in [0, 0.1) is 0 Å². The van der Waals surface area contributed by atoms with E-state index in [1.54, 1.807) is 4.90 Å². The van der Waals surface area contributed by atoms with Gasteiger partial charge in [0.25, 0.3) is 0 Å². The van der Waals surface area contributed by atoms with Gasteiger partial charge in [-0.2, -0.15) is 0 Å². The summed E-state index contributed by atoms with van der Waals surface area (Å²) in [4.78, 5) is 14.3. The minimum atomic E-state index is -1.31. The third kappa shape index (κ3) is 2.65. The van der Waals surface area contributed by atoms with E-state index < -0.39 is 17.5 Å². The molecule has 3 nitrogen and oxygen atoms in total. The summed E-state index contributed by atoms with van der Waals surface area (Å²) in [5, 5.41) is 0. The van der Waals surface area contributed by atoms with Crippen molar-refractivity contribution in [3.63, 3.8) is 0 Å². The molecule has 0 N–H and O–H groups in total. The second-order valence-corrected chi connectivity index (χ2v) is 6.65. The van der Waals surface area contributed by atoms with Crippen molar-refractivity contribution in [3.8, 4) is 0 Å². The number of nitrogens with zero attached hydrogens (tertiary/aromatic N) is 1. The van der Waals surface area contributed by atoms with Crippen LogP contribution in [0.5, 0.6) is 0 Å². The monoisotopic (exact) mass is 255 g/mol. The third-order valence-corrected chi connectivity index (χ3v) is 3.93. The number of likely N-dealkylation sites (tertiary alicyclic amines) is 1. The number of rotatable bonds is 0. The largest absolute Gasteiger partial charge is 0.444 e. The summed E-state index contributed by atoms with van der Waals surface area (Å²) >= 11 is 0. The van der Waals surface area contributed by atoms with Gasteiger partial charge in [-0.15, -0.1) is 0 Å². The van der Waals surface area contributed by atoms with Crippen LogP contribution in [0.25, 0.3) is 0 Å². The van der Waals surface area contributed by atoms with Gasteiger partial charge in [0.15, 0.2) is 0 Å². The molecule has 0 aromatic heterocycles. The van der Waals surface area contributed by atoms with Gasteiger partial charge in [-0.1, -0.05) is 12.8 Å². The zero-order valence-electron chi connectivity index (χ0n) is 14.1. The van der Waals surface area contributed by atoms with E-state index in [1.807, 2.05) is 27.7 Å². The molecule has 0 unspecified atom stereocenters. The van der Waals surface area contributed by atoms with Crippen LogP contribution in [0.2, 0.25) is 0 Å². The smallest absolute Gasteiger partial charge is 0.410 e. The van der Waals surface area contributed by atoms with Gasteiger partial charge in [-0.25, -0.2) is 4.79 Å². The van der Waals surface area contributed by atoms with Crippen LogP contribution >= 0.6 is 0 Å². The molecule has 3 heteroatoms. The number of carbonyl (C=O) groups excluding carboxylic acids is 1. The lowest BCUT2D eigenvalue weighted by molar-refractivity contribution is -0.0317. The van der Waals surface area contributed by atoms with Gasteiger partial charge in [0, 0.05) is 14.3 Å². The number of ether oxygens (including phenoxy) is 1. The highest BCUT2D eigenvalue weighted by molar-refractivity contribution is 5.70. The standard InChI is InChI=1S/C15H27NO2/c1-12-8-7-11-15(9-5-6-10-15)16(12)13(17)18-14(2,3)4/h12H,5-11H2,1-4H3/t12-/m1/s1/i9D2/t12-,15+. The summed E-state index contributed by atoms with van der Waals surface area (Å²) in [6, 6.07) is 0.0479. The Balaban J connectivity index is 2.32. The first-order chi connectivity index (χ1) is 9.09. The van der Waals surface area contributed by atoms with Crippen LogP contribution < -0.4 is 0 Å². The molecule has 1 saturated heterocycles. The van der Waals surface area contributed by atoms with Gasteiger partial charge in [0.2, 0.25) is 0 Å². The van der Waals surface area contributed by atoms with Gasteiger partial charge in [-0.05, 0) is 59.8 Å². The summed E-state index contributed by atoms with van der Waals surface area (Å²) < 4.78 is 22.3. The molecule has 0 bridgehead atoms. The molecule has 2 rings (SSSR count). The molecule has 1 heterocycles. The normalized spacial score (nSPS) is 37.3. The Bertz CT molecular complexity index is 392. The number of hydrogen-bond acceptors (Lipinski definition) is 2. The molecular weight excluding hydrogens is 226 g/mol. The first-order valence-electron chi connectivity index (χ1n) is 8.11. The SMILES string of the molecule is [2H]C1([2H])CCC[C@]12CCC[C@@H](C)N2C(=O)OC(C)(C)C. The Morgan fingerprint density at radius 2 is 2.00 bits per heavy atom. The molecule has 1 aliphatic heterocycles. The number of amides is 1. The number of piperidine rings is 1. The molecular formula is C15H27NO2. The predicted molar refractivity (Wildman–Crippen MR) is 72.6 cm³/mol. The lowest BCUT2D eigenvalue weighted by atomic mass is 9.82. The maximum atomic E-state index is 12.6. The Morgan fingerprint density at radius 1 is 1.33 bits per heavy atom. The fourth-order valence-corrected chi connectivity index (χ4v) is 3.24. The summed E-state index contributed by atoms with van der Waals surface area (Å²) in [6.07, 6.45) is 3.15. The maximum absolute atomic E-state index is 12.6. The van der Waals surface area contributed by atoms with Gasteiger partial charge in [0.05, 0.1) is 0 Å². The fourth-order valence-electron chi connectivity index (χ4n) is 3.24. The van der Waals surface area contributed by atoms with Crippen molar-refractivity contribution in [2.24, 2.45) is 0 Å². The molecule has 1 amide bonds. The molecule has 2 fully saturated rings. The summed E-state index contributed by atoms with van der Waals surface area (Å²) in [6.45, 7) is 7.58. The lowest BCUT2D eigenvalue weighted by Crippen LogP contribution is -2.57. The van der Waals surface area contributed by atoms with Crippen LogP contribution in [0.3, 0.4) is 0 Å². The summed E-state index contributed by atoms with van der Waals surface area (Å²) in [5.74, 6) is 0. The summed E-state index contributed by atoms with van der Waals surface area (Å²) in [5.41, 5.74) is -1.20. The molecule has 0 aromatic carbocycles. The van der Waals surface area contributed by atoms with E-state index in [0.717, 1.165) is 32.1 Å². The van der Waals surface area contributed by atoms with Crippen LogP contribution in [-0.4, -0.2) is 28.2 Å². The van der Waals surface area contributed by atoms with E-state index in [0.29, 0.717) is 6.42 Å². The Kier molecular flexibility index (Phi) is 2.93. The molecule has 1 aliphatic carbocycles. The van der Waals surface area contributed by atoms with Gasteiger partial charge < -0.3 is 4.74 Å². The lowest BCUT2D eigenvalue weighted by Gasteiger charge is -2.48. The molecule has 1 saturated carbocycles. The quantitative estimate of drug-likeness (QED) is 0.652. The highest BCUT2D eigenvalue weighted by Crippen LogP contribution is 2.44. The molecule has 0 radical (unpaired) electrons. The number of hydrogen-bond donors (Lipinski definition) is 0. The second kappa shape index (κ2) is 4.75. The Labute approximate surface area is 114 Å². The second-order valence-electron chi connectivity index (χ2n) is 6.65. The number of carbonyl (C=O) groups is 1. The minimum Gasteiger partial charge on any atom is -0.444 e. The molecule has 2 atom stereocenters. The third-order valence-electron chi connectivity index (χ3n) is 3.93. The molecule has 2 aliphatic rings. The highest BCUT2D eigenvalue weighted by Gasteiger charge is 2.47. The molecule has 0 aromatic rings. The van der Waals surface area contributed by atoms with Crippen molar-refractivity contribution in [3.05, 3.63) is 0 Å². The van der Waals surface area contributed by atoms with Crippen molar-refractivity contribution in [1.29, 1.82) is 0 Å². The molecule has 1 spiro atoms. The first kappa shape index (κ1) is 11.1. The average Bonchev–Trinajstić information content (AvgIpc) is 2.52. The van der Waals surface area contributed by atoms with Crippen LogP contribution in [0.15, 0.2) is 0 Å². The van der Waals surface area contributed by atoms with Crippen molar-refractivity contribution in [1.82, 2.24) is 4.90 Å². The predicted octanol–water partition coefficient (Wildman–Crippen LogP) is 4.11. The zero-order valence-corrected chi connectivity index (χ0v) is 12.1. The van der Waals surface area contributed by atoms with E-state index in [1.165, 1.54) is 0 Å². The van der Waals surface area contributed by atoms with Crippen molar-refractivity contribution in [2.45, 2.75) is 89.8 Å². The van der Waals surface area contributed by atoms with Gasteiger partial charge in [-0.3, -0.25) is 4.90 Å². The Morgan fingerprint density at radius 3 is 2.56 bits per heavy atom. The van der Waals surface area contributed by atoms with E-state index in [9.17, 15) is 4.79 Å². The zero-order chi connectivity index (χ0) is 15.2. The van der Waals surface area contributed by atoms with Crippen LogP contribution in [0.1, 0.15) is 75.3 Å². The van der Waals surface area contributed by atoms with Gasteiger partial charge in [0.1, 0.15) is 5.60 Å². The molecule has 104 valence electrons. The molecule has 18 heavy (non-hydrogen) atoms. The topological polar surface area (TPSA) is 29.5 Å². The highest BCUT2D eigenvalue weighted by atomic mass is 16.6. The van der Waals surface area contributed by atoms with Crippen molar-refractivity contribution >= 4 is 6.09 Å². The average molecular weight is 255 g/mol. The summed E-state index contributed by atoms with van der Waals surface area (Å²) in [7, 11) is 0. The van der Waals surface area contributed by atoms with Crippen molar-refractivity contribution in [2.75, 3.05) is 0 Å².